The molecule has 1 atom stereocenters. The average molecular weight is 290 g/mol. The molecule has 0 saturated carbocycles. The molecule has 1 amide bonds. The molecular formula is C14H16N3O4-. The van der Waals surface area contributed by atoms with Crippen molar-refractivity contribution < 1.29 is 19.1 Å². The number of esters is 1. The van der Waals surface area contributed by atoms with E-state index >= 15 is 0 Å². The van der Waals surface area contributed by atoms with E-state index in [2.05, 4.69) is 16.4 Å². The fraction of sp³-hybridized carbons (Fsp3) is 0.286. The molecule has 7 nitrogen and oxygen atoms in total. The first-order chi connectivity index (χ1) is 10.1. The van der Waals surface area contributed by atoms with Crippen molar-refractivity contribution in [1.29, 1.82) is 0 Å². The zero-order valence-corrected chi connectivity index (χ0v) is 11.9. The van der Waals surface area contributed by atoms with Gasteiger partial charge in [-0.3, -0.25) is 4.79 Å². The van der Waals surface area contributed by atoms with Crippen molar-refractivity contribution in [2.24, 2.45) is 5.11 Å². The highest BCUT2D eigenvalue weighted by Gasteiger charge is 2.29. The van der Waals surface area contributed by atoms with Gasteiger partial charge in [0.2, 0.25) is 6.04 Å². The number of rotatable bonds is 7. The summed E-state index contributed by atoms with van der Waals surface area (Å²) in [6.45, 7) is 3.71. The Morgan fingerprint density at radius 3 is 2.43 bits per heavy atom. The number of anilines is 1. The zero-order chi connectivity index (χ0) is 15.8. The van der Waals surface area contributed by atoms with E-state index in [-0.39, 0.29) is 6.54 Å². The second kappa shape index (κ2) is 7.78. The van der Waals surface area contributed by atoms with Crippen LogP contribution in [0.5, 0.6) is 5.75 Å². The molecule has 0 aliphatic rings. The minimum absolute atomic E-state index is 0.147. The lowest BCUT2D eigenvalue weighted by atomic mass is 10.2. The van der Waals surface area contributed by atoms with Crippen LogP contribution in [0.1, 0.15) is 0 Å². The summed E-state index contributed by atoms with van der Waals surface area (Å²) in [5.74, 6) is -1.03. The molecule has 0 saturated heterocycles. The van der Waals surface area contributed by atoms with Crippen LogP contribution in [-0.4, -0.2) is 38.7 Å². The molecule has 0 aliphatic carbocycles. The van der Waals surface area contributed by atoms with Crippen LogP contribution in [0.3, 0.4) is 0 Å². The van der Waals surface area contributed by atoms with E-state index in [1.165, 1.54) is 18.1 Å². The smallest absolute Gasteiger partial charge is 0.338 e. The second-order valence-corrected chi connectivity index (χ2v) is 3.98. The van der Waals surface area contributed by atoms with Crippen molar-refractivity contribution in [2.75, 3.05) is 25.7 Å². The highest BCUT2D eigenvalue weighted by molar-refractivity contribution is 6.09. The number of ether oxygens (including phenoxy) is 2. The van der Waals surface area contributed by atoms with E-state index in [9.17, 15) is 9.59 Å². The Bertz CT molecular complexity index is 528. The third-order valence-corrected chi connectivity index (χ3v) is 2.74. The van der Waals surface area contributed by atoms with Crippen LogP contribution in [0.4, 0.5) is 5.69 Å². The van der Waals surface area contributed by atoms with Crippen LogP contribution >= 0.6 is 0 Å². The van der Waals surface area contributed by atoms with Crippen LogP contribution < -0.4 is 9.64 Å². The van der Waals surface area contributed by atoms with Gasteiger partial charge in [-0.15, -0.1) is 6.58 Å². The summed E-state index contributed by atoms with van der Waals surface area (Å²) in [6, 6.07) is 5.00. The minimum Gasteiger partial charge on any atom is -0.711 e. The Kier molecular flexibility index (Phi) is 6.06. The van der Waals surface area contributed by atoms with Gasteiger partial charge in [0.1, 0.15) is 5.75 Å². The van der Waals surface area contributed by atoms with E-state index in [1.807, 2.05) is 0 Å². The molecule has 0 aliphatic heterocycles. The molecule has 21 heavy (non-hydrogen) atoms. The van der Waals surface area contributed by atoms with Crippen LogP contribution in [0, 0.1) is 0 Å². The van der Waals surface area contributed by atoms with E-state index < -0.39 is 17.9 Å². The van der Waals surface area contributed by atoms with Crippen molar-refractivity contribution in [3.8, 4) is 5.75 Å². The molecular weight excluding hydrogens is 274 g/mol. The monoisotopic (exact) mass is 290 g/mol. The fourth-order valence-corrected chi connectivity index (χ4v) is 1.67. The number of benzene rings is 1. The van der Waals surface area contributed by atoms with Gasteiger partial charge < -0.3 is 25.0 Å². The summed E-state index contributed by atoms with van der Waals surface area (Å²) in [5.41, 5.74) is 9.39. The number of hydrogen-bond acceptors (Lipinski definition) is 5. The van der Waals surface area contributed by atoms with E-state index in [0.29, 0.717) is 11.4 Å². The molecule has 0 aromatic heterocycles. The SMILES string of the molecule is C=CCN(C(=O)C(N=[N-])C(=O)OC)c1ccc(OC)cc1. The summed E-state index contributed by atoms with van der Waals surface area (Å²) < 4.78 is 9.48. The lowest BCUT2D eigenvalue weighted by Crippen LogP contribution is -2.42. The summed E-state index contributed by atoms with van der Waals surface area (Å²) >= 11 is 0. The molecule has 0 spiro atoms. The first-order valence-corrected chi connectivity index (χ1v) is 6.07. The molecule has 0 radical (unpaired) electrons. The standard InChI is InChI=1S/C14H16N3O4/c1-4-9-17(10-5-7-11(20-2)8-6-10)13(18)12(16-15)14(19)21-3/h4-8,12H,1,9H2,2-3H3/q-1. The third kappa shape index (κ3) is 3.88. The first kappa shape index (κ1) is 16.4. The lowest BCUT2D eigenvalue weighted by Gasteiger charge is -2.24. The van der Waals surface area contributed by atoms with E-state index in [0.717, 1.165) is 7.11 Å². The minimum atomic E-state index is -1.63. The number of carbonyl (C=O) groups excluding carboxylic acids is 2. The lowest BCUT2D eigenvalue weighted by molar-refractivity contribution is -0.145. The van der Waals surface area contributed by atoms with Crippen molar-refractivity contribution >= 4 is 17.6 Å². The number of nitrogens with zero attached hydrogens (tertiary/aromatic N) is 3. The Morgan fingerprint density at radius 1 is 1.38 bits per heavy atom. The van der Waals surface area contributed by atoms with Gasteiger partial charge in [-0.05, 0) is 24.3 Å². The maximum Gasteiger partial charge on any atom is 0.338 e. The van der Waals surface area contributed by atoms with Gasteiger partial charge in [0, 0.05) is 12.2 Å². The van der Waals surface area contributed by atoms with Gasteiger partial charge in [-0.1, -0.05) is 6.08 Å². The van der Waals surface area contributed by atoms with Gasteiger partial charge in [0.15, 0.2) is 0 Å². The maximum absolute atomic E-state index is 12.3. The number of carbonyl (C=O) groups is 2. The molecule has 1 unspecified atom stereocenters. The van der Waals surface area contributed by atoms with E-state index in [1.54, 1.807) is 24.3 Å². The average Bonchev–Trinajstić information content (AvgIpc) is 2.53. The largest absolute Gasteiger partial charge is 0.711 e. The van der Waals surface area contributed by atoms with Crippen LogP contribution in [0.25, 0.3) is 5.53 Å². The Hall–Kier alpha value is -2.70. The van der Waals surface area contributed by atoms with Gasteiger partial charge in [-0.2, -0.15) is 0 Å². The maximum atomic E-state index is 12.3. The molecule has 0 heterocycles. The zero-order valence-electron chi connectivity index (χ0n) is 11.9. The summed E-state index contributed by atoms with van der Waals surface area (Å²) in [5, 5.41) is 2.80. The normalized spacial score (nSPS) is 11.1. The molecule has 0 fully saturated rings. The first-order valence-electron chi connectivity index (χ1n) is 6.07. The topological polar surface area (TPSA) is 90.5 Å². The molecule has 1 aromatic carbocycles. The van der Waals surface area contributed by atoms with Crippen LogP contribution in [-0.2, 0) is 14.3 Å². The number of methoxy groups -OCH3 is 2. The number of amides is 1. The molecule has 112 valence electrons. The Morgan fingerprint density at radius 2 is 2.00 bits per heavy atom. The molecule has 1 aromatic rings. The van der Waals surface area contributed by atoms with Crippen molar-refractivity contribution in [1.82, 2.24) is 0 Å². The van der Waals surface area contributed by atoms with Crippen molar-refractivity contribution in [3.05, 3.63) is 42.5 Å². The van der Waals surface area contributed by atoms with Crippen molar-refractivity contribution in [3.63, 3.8) is 0 Å². The van der Waals surface area contributed by atoms with Gasteiger partial charge in [0.05, 0.1) is 14.2 Å². The highest BCUT2D eigenvalue weighted by Crippen LogP contribution is 2.20. The highest BCUT2D eigenvalue weighted by atomic mass is 16.5. The van der Waals surface area contributed by atoms with E-state index in [4.69, 9.17) is 10.3 Å². The molecule has 0 bridgehead atoms. The van der Waals surface area contributed by atoms with Crippen molar-refractivity contribution in [2.45, 2.75) is 6.04 Å². The van der Waals surface area contributed by atoms with Gasteiger partial charge in [0.25, 0.3) is 5.91 Å². The Labute approximate surface area is 122 Å². The van der Waals surface area contributed by atoms with Gasteiger partial charge >= 0.3 is 5.97 Å². The predicted octanol–water partition coefficient (Wildman–Crippen LogP) is 1.78. The molecule has 7 heteroatoms. The summed E-state index contributed by atoms with van der Waals surface area (Å²) in [4.78, 5) is 25.0. The Balaban J connectivity index is 3.08. The molecule has 1 rings (SSSR count). The second-order valence-electron chi connectivity index (χ2n) is 3.98. The van der Waals surface area contributed by atoms with Crippen LogP contribution in [0.2, 0.25) is 0 Å². The predicted molar refractivity (Wildman–Crippen MR) is 77.1 cm³/mol. The summed E-state index contributed by atoms with van der Waals surface area (Å²) in [7, 11) is 2.64. The van der Waals surface area contributed by atoms with Gasteiger partial charge in [-0.25, -0.2) is 4.79 Å². The number of hydrogen-bond donors (Lipinski definition) is 0. The van der Waals surface area contributed by atoms with Crippen LogP contribution in [0.15, 0.2) is 42.0 Å². The summed E-state index contributed by atoms with van der Waals surface area (Å²) in [6.07, 6.45) is 1.49. The quantitative estimate of drug-likeness (QED) is 0.331. The fourth-order valence-electron chi connectivity index (χ4n) is 1.67. The molecule has 0 N–H and O–H groups in total. The third-order valence-electron chi connectivity index (χ3n) is 2.74.